The Bertz CT molecular complexity index is 873. The Labute approximate surface area is 177 Å². The van der Waals surface area contributed by atoms with Crippen LogP contribution in [0.15, 0.2) is 42.5 Å². The average molecular weight is 412 g/mol. The smallest absolute Gasteiger partial charge is 0.331 e. The third-order valence-corrected chi connectivity index (χ3v) is 4.86. The van der Waals surface area contributed by atoms with Crippen LogP contribution in [-0.2, 0) is 9.53 Å². The molecule has 0 saturated heterocycles. The van der Waals surface area contributed by atoms with E-state index in [9.17, 15) is 9.59 Å². The summed E-state index contributed by atoms with van der Waals surface area (Å²) in [5, 5.41) is 0. The Morgan fingerprint density at radius 1 is 0.967 bits per heavy atom. The molecule has 0 spiro atoms. The van der Waals surface area contributed by atoms with E-state index in [1.165, 1.54) is 33.0 Å². The first-order valence-electron chi connectivity index (χ1n) is 9.71. The minimum atomic E-state index is -0.617. The van der Waals surface area contributed by atoms with Crippen molar-refractivity contribution in [2.75, 3.05) is 27.9 Å². The molecule has 2 aromatic carbocycles. The Morgan fingerprint density at radius 2 is 1.57 bits per heavy atom. The van der Waals surface area contributed by atoms with E-state index in [4.69, 9.17) is 18.9 Å². The molecule has 6 nitrogen and oxygen atoms in total. The second kappa shape index (κ2) is 11.0. The highest BCUT2D eigenvalue weighted by Crippen LogP contribution is 2.38. The lowest BCUT2D eigenvalue weighted by Gasteiger charge is -2.12. The van der Waals surface area contributed by atoms with Crippen LogP contribution in [0.25, 0.3) is 6.08 Å². The van der Waals surface area contributed by atoms with E-state index >= 15 is 0 Å². The lowest BCUT2D eigenvalue weighted by atomic mass is 9.97. The van der Waals surface area contributed by atoms with Crippen molar-refractivity contribution in [1.29, 1.82) is 0 Å². The van der Waals surface area contributed by atoms with Gasteiger partial charge in [-0.1, -0.05) is 38.1 Å². The molecule has 0 aliphatic rings. The largest absolute Gasteiger partial charge is 0.493 e. The molecule has 30 heavy (non-hydrogen) atoms. The SMILES string of the molecule is CC[C@H](C)c1ccc(C(=O)COC(=O)/C=C/c2cc(OC)c(OC)c(OC)c2)cc1. The molecule has 2 rings (SSSR count). The Balaban J connectivity index is 1.99. The average Bonchev–Trinajstić information content (AvgIpc) is 2.79. The van der Waals surface area contributed by atoms with Gasteiger partial charge in [0.2, 0.25) is 5.75 Å². The quantitative estimate of drug-likeness (QED) is 0.321. The maximum atomic E-state index is 12.3. The van der Waals surface area contributed by atoms with Crippen LogP contribution in [0.3, 0.4) is 0 Å². The van der Waals surface area contributed by atoms with Gasteiger partial charge < -0.3 is 18.9 Å². The minimum absolute atomic E-state index is 0.250. The summed E-state index contributed by atoms with van der Waals surface area (Å²) in [6.07, 6.45) is 3.83. The summed E-state index contributed by atoms with van der Waals surface area (Å²) in [4.78, 5) is 24.3. The summed E-state index contributed by atoms with van der Waals surface area (Å²) in [5.41, 5.74) is 2.36. The molecule has 0 saturated carbocycles. The molecule has 2 aromatic rings. The lowest BCUT2D eigenvalue weighted by molar-refractivity contribution is -0.136. The van der Waals surface area contributed by atoms with Crippen LogP contribution in [0.1, 0.15) is 47.7 Å². The van der Waals surface area contributed by atoms with Crippen LogP contribution in [0, 0.1) is 0 Å². The van der Waals surface area contributed by atoms with Gasteiger partial charge >= 0.3 is 5.97 Å². The van der Waals surface area contributed by atoms with Gasteiger partial charge in [-0.2, -0.15) is 0 Å². The number of carbonyl (C=O) groups excluding carboxylic acids is 2. The first-order chi connectivity index (χ1) is 14.4. The number of carbonyl (C=O) groups is 2. The van der Waals surface area contributed by atoms with E-state index in [2.05, 4.69) is 13.8 Å². The van der Waals surface area contributed by atoms with E-state index < -0.39 is 5.97 Å². The zero-order valence-corrected chi connectivity index (χ0v) is 18.1. The fraction of sp³-hybridized carbons (Fsp3) is 0.333. The number of benzene rings is 2. The summed E-state index contributed by atoms with van der Waals surface area (Å²) >= 11 is 0. The third-order valence-electron chi connectivity index (χ3n) is 4.86. The molecule has 0 N–H and O–H groups in total. The number of esters is 1. The van der Waals surface area contributed by atoms with Gasteiger partial charge in [0.1, 0.15) is 0 Å². The lowest BCUT2D eigenvalue weighted by Crippen LogP contribution is -2.12. The van der Waals surface area contributed by atoms with Crippen molar-refractivity contribution in [1.82, 2.24) is 0 Å². The highest BCUT2D eigenvalue weighted by molar-refractivity contribution is 5.99. The second-order valence-electron chi connectivity index (χ2n) is 6.75. The maximum Gasteiger partial charge on any atom is 0.331 e. The molecule has 0 heterocycles. The van der Waals surface area contributed by atoms with Crippen LogP contribution in [0.5, 0.6) is 17.2 Å². The standard InChI is InChI=1S/C24H28O6/c1-6-16(2)18-8-10-19(11-9-18)20(25)15-30-23(26)12-7-17-13-21(27-3)24(29-5)22(14-17)28-4/h7-14,16H,6,15H2,1-5H3/b12-7+/t16-/m0/s1. The zero-order chi connectivity index (χ0) is 22.1. The van der Waals surface area contributed by atoms with Crippen LogP contribution in [-0.4, -0.2) is 39.7 Å². The number of hydrogen-bond acceptors (Lipinski definition) is 6. The summed E-state index contributed by atoms with van der Waals surface area (Å²) in [6, 6.07) is 10.8. The Hall–Kier alpha value is -3.28. The van der Waals surface area contributed by atoms with Crippen molar-refractivity contribution in [2.24, 2.45) is 0 Å². The van der Waals surface area contributed by atoms with Gasteiger partial charge in [0, 0.05) is 11.6 Å². The van der Waals surface area contributed by atoms with Gasteiger partial charge in [-0.15, -0.1) is 0 Å². The molecule has 0 fully saturated rings. The van der Waals surface area contributed by atoms with Crippen LogP contribution >= 0.6 is 0 Å². The molecule has 0 radical (unpaired) electrons. The summed E-state index contributed by atoms with van der Waals surface area (Å²) < 4.78 is 20.9. The normalized spacial score (nSPS) is 11.8. The van der Waals surface area contributed by atoms with Crippen LogP contribution in [0.4, 0.5) is 0 Å². The number of rotatable bonds is 10. The molecule has 160 valence electrons. The summed E-state index contributed by atoms with van der Waals surface area (Å²) in [5.74, 6) is 0.979. The van der Waals surface area contributed by atoms with Gasteiger partial charge in [-0.3, -0.25) is 4.79 Å². The van der Waals surface area contributed by atoms with Crippen LogP contribution < -0.4 is 14.2 Å². The predicted octanol–water partition coefficient (Wildman–Crippen LogP) is 4.67. The number of Topliss-reactive ketones (excluding diaryl/α,β-unsaturated/α-hetero) is 1. The molecule has 0 aliphatic heterocycles. The fourth-order valence-electron chi connectivity index (χ4n) is 2.86. The van der Waals surface area contributed by atoms with Crippen molar-refractivity contribution < 1.29 is 28.5 Å². The highest BCUT2D eigenvalue weighted by Gasteiger charge is 2.13. The highest BCUT2D eigenvalue weighted by atomic mass is 16.5. The predicted molar refractivity (Wildman–Crippen MR) is 116 cm³/mol. The molecular formula is C24H28O6. The van der Waals surface area contributed by atoms with Crippen molar-refractivity contribution in [3.8, 4) is 17.2 Å². The molecule has 0 amide bonds. The van der Waals surface area contributed by atoms with Crippen molar-refractivity contribution in [3.63, 3.8) is 0 Å². The molecular weight excluding hydrogens is 384 g/mol. The molecule has 1 atom stereocenters. The summed E-state index contributed by atoms with van der Waals surface area (Å²) in [7, 11) is 4.54. The summed E-state index contributed by atoms with van der Waals surface area (Å²) in [6.45, 7) is 3.94. The van der Waals surface area contributed by atoms with Gasteiger partial charge in [-0.25, -0.2) is 4.79 Å². The van der Waals surface area contributed by atoms with E-state index in [1.807, 2.05) is 12.1 Å². The van der Waals surface area contributed by atoms with Gasteiger partial charge in [-0.05, 0) is 41.7 Å². The Kier molecular flexibility index (Phi) is 8.47. The fourth-order valence-corrected chi connectivity index (χ4v) is 2.86. The first kappa shape index (κ1) is 23.0. The molecule has 0 aliphatic carbocycles. The molecule has 0 bridgehead atoms. The second-order valence-corrected chi connectivity index (χ2v) is 6.75. The van der Waals surface area contributed by atoms with Crippen LogP contribution in [0.2, 0.25) is 0 Å². The zero-order valence-electron chi connectivity index (χ0n) is 18.1. The maximum absolute atomic E-state index is 12.3. The van der Waals surface area contributed by atoms with Gasteiger partial charge in [0.05, 0.1) is 21.3 Å². The third kappa shape index (κ3) is 5.86. The number of methoxy groups -OCH3 is 3. The van der Waals surface area contributed by atoms with E-state index in [0.29, 0.717) is 34.3 Å². The van der Waals surface area contributed by atoms with Crippen molar-refractivity contribution in [2.45, 2.75) is 26.2 Å². The number of hydrogen-bond donors (Lipinski definition) is 0. The minimum Gasteiger partial charge on any atom is -0.493 e. The van der Waals surface area contributed by atoms with Gasteiger partial charge in [0.15, 0.2) is 23.9 Å². The van der Waals surface area contributed by atoms with Crippen molar-refractivity contribution >= 4 is 17.8 Å². The molecule has 0 aromatic heterocycles. The monoisotopic (exact) mass is 412 g/mol. The first-order valence-corrected chi connectivity index (χ1v) is 9.71. The number of ether oxygens (including phenoxy) is 4. The van der Waals surface area contributed by atoms with Gasteiger partial charge in [0.25, 0.3) is 0 Å². The Morgan fingerprint density at radius 3 is 2.07 bits per heavy atom. The van der Waals surface area contributed by atoms with E-state index in [0.717, 1.165) is 6.42 Å². The molecule has 0 unspecified atom stereocenters. The van der Waals surface area contributed by atoms with E-state index in [-0.39, 0.29) is 12.4 Å². The topological polar surface area (TPSA) is 71.1 Å². The molecule has 6 heteroatoms. The van der Waals surface area contributed by atoms with Crippen molar-refractivity contribution in [3.05, 3.63) is 59.2 Å². The number of ketones is 1. The van der Waals surface area contributed by atoms with E-state index in [1.54, 1.807) is 30.3 Å².